The summed E-state index contributed by atoms with van der Waals surface area (Å²) < 4.78 is 17.2. The highest BCUT2D eigenvalue weighted by molar-refractivity contribution is 5.71. The van der Waals surface area contributed by atoms with Crippen molar-refractivity contribution in [2.45, 2.75) is 194 Å². The van der Waals surface area contributed by atoms with E-state index >= 15 is 0 Å². The molecule has 60 heavy (non-hydrogen) atoms. The van der Waals surface area contributed by atoms with E-state index in [4.69, 9.17) is 14.2 Å². The van der Waals surface area contributed by atoms with Crippen LogP contribution < -0.4 is 0 Å². The fourth-order valence-corrected chi connectivity index (χ4v) is 6.00. The Balaban J connectivity index is 4.51. The van der Waals surface area contributed by atoms with E-state index in [-0.39, 0.29) is 38.0 Å². The van der Waals surface area contributed by atoms with Gasteiger partial charge in [-0.2, -0.15) is 0 Å². The first kappa shape index (κ1) is 56.3. The normalized spacial score (nSPS) is 13.3. The second kappa shape index (κ2) is 49.7. The Morgan fingerprint density at radius 2 is 0.800 bits per heavy atom. The molecule has 0 radical (unpaired) electrons. The Morgan fingerprint density at radius 1 is 0.400 bits per heavy atom. The van der Waals surface area contributed by atoms with Crippen LogP contribution >= 0.6 is 0 Å². The van der Waals surface area contributed by atoms with Gasteiger partial charge in [0, 0.05) is 13.0 Å². The lowest BCUT2D eigenvalue weighted by Crippen LogP contribution is -2.30. The Labute approximate surface area is 369 Å². The van der Waals surface area contributed by atoms with E-state index in [0.29, 0.717) is 13.0 Å². The molecule has 0 spiro atoms. The Kier molecular flexibility index (Phi) is 46.6. The molecule has 338 valence electrons. The largest absolute Gasteiger partial charge is 0.461 e. The summed E-state index contributed by atoms with van der Waals surface area (Å²) in [4.78, 5) is 25.2. The number of esters is 2. The summed E-state index contributed by atoms with van der Waals surface area (Å²) in [6.45, 7) is 7.37. The smallest absolute Gasteiger partial charge is 0.309 e. The molecule has 0 saturated heterocycles. The van der Waals surface area contributed by atoms with Crippen molar-refractivity contribution in [2.75, 3.05) is 19.8 Å². The van der Waals surface area contributed by atoms with Gasteiger partial charge in [0.1, 0.15) is 6.61 Å². The maximum absolute atomic E-state index is 12.7. The second-order valence-corrected chi connectivity index (χ2v) is 15.3. The molecule has 0 saturated carbocycles. The Bertz CT molecular complexity index is 1260. The maximum atomic E-state index is 12.7. The molecule has 0 fully saturated rings. The molecule has 0 amide bonds. The average Bonchev–Trinajstić information content (AvgIpc) is 3.25. The molecule has 0 aliphatic rings. The average molecular weight is 829 g/mol. The van der Waals surface area contributed by atoms with Gasteiger partial charge in [0.2, 0.25) is 0 Å². The van der Waals surface area contributed by atoms with E-state index in [9.17, 15) is 9.59 Å². The number of hydrogen-bond donors (Lipinski definition) is 0. The van der Waals surface area contributed by atoms with Crippen LogP contribution in [0.1, 0.15) is 188 Å². The Hall–Kier alpha value is -3.70. The zero-order valence-corrected chi connectivity index (χ0v) is 38.7. The number of carbonyl (C=O) groups excluding carboxylic acids is 2. The number of ether oxygens (including phenoxy) is 3. The van der Waals surface area contributed by atoms with Crippen LogP contribution in [0.3, 0.4) is 0 Å². The zero-order valence-electron chi connectivity index (χ0n) is 38.7. The molecule has 0 aromatic carbocycles. The number of unbranched alkanes of at least 4 members (excludes halogenated alkanes) is 12. The van der Waals surface area contributed by atoms with Crippen molar-refractivity contribution in [1.82, 2.24) is 0 Å². The van der Waals surface area contributed by atoms with E-state index in [0.717, 1.165) is 70.6 Å². The lowest BCUT2D eigenvalue weighted by molar-refractivity contribution is -0.162. The monoisotopic (exact) mass is 829 g/mol. The zero-order chi connectivity index (χ0) is 43.5. The minimum atomic E-state index is -0.624. The van der Waals surface area contributed by atoms with E-state index in [1.807, 2.05) is 18.2 Å². The molecule has 0 bridgehead atoms. The molecule has 5 heteroatoms. The summed E-state index contributed by atoms with van der Waals surface area (Å²) >= 11 is 0. The summed E-state index contributed by atoms with van der Waals surface area (Å²) in [7, 11) is 0. The van der Waals surface area contributed by atoms with E-state index < -0.39 is 6.10 Å². The minimum absolute atomic E-state index is 0.00729. The fraction of sp³-hybridized carbons (Fsp3) is 0.600. The summed E-state index contributed by atoms with van der Waals surface area (Å²) in [5.74, 6) is -0.650. The van der Waals surface area contributed by atoms with Gasteiger partial charge in [-0.15, -0.1) is 0 Å². The number of rotatable bonds is 42. The topological polar surface area (TPSA) is 61.8 Å². The summed E-state index contributed by atoms with van der Waals surface area (Å²) in [6, 6.07) is 0. The third-order valence-corrected chi connectivity index (χ3v) is 9.51. The van der Waals surface area contributed by atoms with Crippen molar-refractivity contribution >= 4 is 11.9 Å². The second-order valence-electron chi connectivity index (χ2n) is 15.3. The highest BCUT2D eigenvalue weighted by atomic mass is 16.6. The Morgan fingerprint density at radius 3 is 1.28 bits per heavy atom. The molecule has 1 unspecified atom stereocenters. The van der Waals surface area contributed by atoms with Crippen molar-refractivity contribution in [2.24, 2.45) is 0 Å². The van der Waals surface area contributed by atoms with E-state index in [1.54, 1.807) is 0 Å². The van der Waals surface area contributed by atoms with Crippen LogP contribution in [0, 0.1) is 0 Å². The van der Waals surface area contributed by atoms with Crippen molar-refractivity contribution in [3.05, 3.63) is 122 Å². The van der Waals surface area contributed by atoms with Crippen LogP contribution in [-0.4, -0.2) is 37.9 Å². The van der Waals surface area contributed by atoms with Gasteiger partial charge < -0.3 is 14.2 Å². The molecular weight excluding hydrogens is 741 g/mol. The van der Waals surface area contributed by atoms with Gasteiger partial charge in [-0.25, -0.2) is 0 Å². The number of hydrogen-bond acceptors (Lipinski definition) is 5. The molecule has 5 nitrogen and oxygen atoms in total. The third-order valence-electron chi connectivity index (χ3n) is 9.51. The van der Waals surface area contributed by atoms with Gasteiger partial charge in [-0.05, 0) is 96.3 Å². The van der Waals surface area contributed by atoms with Crippen LogP contribution in [0.25, 0.3) is 0 Å². The summed E-state index contributed by atoms with van der Waals surface area (Å²) in [6.07, 6.45) is 69.6. The molecule has 0 rings (SSSR count). The van der Waals surface area contributed by atoms with Crippen LogP contribution in [0.15, 0.2) is 122 Å². The molecule has 0 N–H and O–H groups in total. The van der Waals surface area contributed by atoms with Crippen LogP contribution in [-0.2, 0) is 23.8 Å². The van der Waals surface area contributed by atoms with Crippen LogP contribution in [0.2, 0.25) is 0 Å². The van der Waals surface area contributed by atoms with Gasteiger partial charge in [-0.3, -0.25) is 9.59 Å². The molecule has 1 atom stereocenters. The first-order chi connectivity index (χ1) is 29.6. The predicted molar refractivity (Wildman–Crippen MR) is 260 cm³/mol. The minimum Gasteiger partial charge on any atom is -0.461 e. The highest BCUT2D eigenvalue weighted by Crippen LogP contribution is 2.11. The van der Waals surface area contributed by atoms with Crippen molar-refractivity contribution in [3.63, 3.8) is 0 Å². The lowest BCUT2D eigenvalue weighted by atomic mass is 10.1. The lowest BCUT2D eigenvalue weighted by Gasteiger charge is -2.18. The van der Waals surface area contributed by atoms with Crippen molar-refractivity contribution in [3.8, 4) is 0 Å². The van der Waals surface area contributed by atoms with Crippen molar-refractivity contribution in [1.29, 1.82) is 0 Å². The number of carbonyl (C=O) groups is 2. The quantitative estimate of drug-likeness (QED) is 0.0348. The van der Waals surface area contributed by atoms with Gasteiger partial charge in [0.15, 0.2) is 6.10 Å². The third kappa shape index (κ3) is 47.0. The SMILES string of the molecule is CC/C=C\C/C=C\C/C=C\C/C=C\C/C=C\CC(=O)OCC(COCCCCCCCC/C=C\CCCCCCCC)OC(=O)CC/C=C\C/C=C\C/C=C\C/C=C\CC. The fourth-order valence-electron chi connectivity index (χ4n) is 6.00. The molecule has 0 aromatic rings. The molecule has 0 aliphatic heterocycles. The molecule has 0 aliphatic carbocycles. The molecule has 0 heterocycles. The van der Waals surface area contributed by atoms with Gasteiger partial charge in [-0.1, -0.05) is 200 Å². The predicted octanol–water partition coefficient (Wildman–Crippen LogP) is 16.2. The first-order valence-corrected chi connectivity index (χ1v) is 24.1. The maximum Gasteiger partial charge on any atom is 0.309 e. The van der Waals surface area contributed by atoms with Crippen LogP contribution in [0.5, 0.6) is 0 Å². The van der Waals surface area contributed by atoms with Gasteiger partial charge in [0.05, 0.1) is 13.0 Å². The number of allylic oxidation sites excluding steroid dienone is 19. The highest BCUT2D eigenvalue weighted by Gasteiger charge is 2.17. The van der Waals surface area contributed by atoms with Gasteiger partial charge >= 0.3 is 11.9 Å². The van der Waals surface area contributed by atoms with Crippen molar-refractivity contribution < 1.29 is 23.8 Å². The molecule has 0 aromatic heterocycles. The summed E-state index contributed by atoms with van der Waals surface area (Å²) in [5, 5.41) is 0. The summed E-state index contributed by atoms with van der Waals surface area (Å²) in [5.41, 5.74) is 0. The van der Waals surface area contributed by atoms with E-state index in [2.05, 4.69) is 124 Å². The van der Waals surface area contributed by atoms with Crippen LogP contribution in [0.4, 0.5) is 0 Å². The molecular formula is C55H88O5. The van der Waals surface area contributed by atoms with E-state index in [1.165, 1.54) is 77.0 Å². The standard InChI is InChI=1S/C55H88O5/c1-4-7-10-13-16-19-22-25-27-29-32-35-38-41-44-47-50-58-51-53(60-55(57)49-46-43-40-37-34-30-24-21-18-15-12-9-6-3)52-59-54(56)48-45-42-39-36-33-31-28-26-23-20-17-14-11-8-5-2/h8-9,11-12,17-18,20-21,25-28,30,33-34,36,40,42-43,45,53H,4-7,10,13-16,19,22-24,29,31-32,35,37-39,41,44,46-52H2,1-3H3/b11-8-,12-9-,20-17-,21-18-,27-25-,28-26-,34-30-,36-33-,43-40-,45-42-. The first-order valence-electron chi connectivity index (χ1n) is 24.1. The van der Waals surface area contributed by atoms with Gasteiger partial charge in [0.25, 0.3) is 0 Å².